The van der Waals surface area contributed by atoms with Gasteiger partial charge in [0.1, 0.15) is 11.6 Å². The zero-order valence-corrected chi connectivity index (χ0v) is 8.51. The molecule has 4 nitrogen and oxygen atoms in total. The third kappa shape index (κ3) is 2.17. The Labute approximate surface area is 92.8 Å². The average Bonchev–Trinajstić information content (AvgIpc) is 2.76. The van der Waals surface area contributed by atoms with E-state index in [2.05, 4.69) is 9.97 Å². The van der Waals surface area contributed by atoms with Crippen LogP contribution in [-0.2, 0) is 0 Å². The lowest BCUT2D eigenvalue weighted by Crippen LogP contribution is -1.78. The number of allylic oxidation sites excluding steroid dienone is 1. The summed E-state index contributed by atoms with van der Waals surface area (Å²) < 4.78 is 0. The van der Waals surface area contributed by atoms with E-state index in [1.54, 1.807) is 30.5 Å². The number of phenols is 1. The first-order valence-electron chi connectivity index (χ1n) is 4.81. The molecule has 2 aromatic rings. The van der Waals surface area contributed by atoms with E-state index >= 15 is 0 Å². The fraction of sp³-hybridized carbons (Fsp3) is 0. The summed E-state index contributed by atoms with van der Waals surface area (Å²) in [6, 6.07) is 6.88. The van der Waals surface area contributed by atoms with E-state index in [0.29, 0.717) is 5.82 Å². The average molecular weight is 213 g/mol. The van der Waals surface area contributed by atoms with Crippen molar-refractivity contribution < 1.29 is 5.11 Å². The zero-order chi connectivity index (χ0) is 11.4. The van der Waals surface area contributed by atoms with Crippen LogP contribution in [0, 0.1) is 5.41 Å². The predicted molar refractivity (Wildman–Crippen MR) is 63.5 cm³/mol. The molecular weight excluding hydrogens is 202 g/mol. The van der Waals surface area contributed by atoms with Gasteiger partial charge in [0, 0.05) is 6.21 Å². The first kappa shape index (κ1) is 10.2. The predicted octanol–water partition coefficient (Wildman–Crippen LogP) is 2.45. The van der Waals surface area contributed by atoms with Gasteiger partial charge in [-0.3, -0.25) is 0 Å². The molecule has 0 aliphatic rings. The number of hydrogen-bond acceptors (Lipinski definition) is 3. The topological polar surface area (TPSA) is 72.8 Å². The highest BCUT2D eigenvalue weighted by molar-refractivity contribution is 5.75. The molecule has 3 N–H and O–H groups in total. The van der Waals surface area contributed by atoms with Gasteiger partial charge in [0.05, 0.1) is 11.9 Å². The molecule has 0 bridgehead atoms. The Morgan fingerprint density at radius 2 is 2.00 bits per heavy atom. The number of aromatic nitrogens is 2. The highest BCUT2D eigenvalue weighted by Gasteiger charge is 2.00. The van der Waals surface area contributed by atoms with Crippen LogP contribution in [0.25, 0.3) is 17.3 Å². The zero-order valence-electron chi connectivity index (χ0n) is 8.51. The van der Waals surface area contributed by atoms with Gasteiger partial charge < -0.3 is 15.5 Å². The SMILES string of the molecule is N=C/C=C\c1ncc(-c2ccc(O)cc2)[nH]1. The second-order valence-corrected chi connectivity index (χ2v) is 3.25. The van der Waals surface area contributed by atoms with Crippen molar-refractivity contribution >= 4 is 12.3 Å². The summed E-state index contributed by atoms with van der Waals surface area (Å²) in [4.78, 5) is 7.25. The minimum atomic E-state index is 0.243. The highest BCUT2D eigenvalue weighted by Crippen LogP contribution is 2.20. The highest BCUT2D eigenvalue weighted by atomic mass is 16.3. The molecule has 0 fully saturated rings. The molecule has 0 saturated carbocycles. The minimum Gasteiger partial charge on any atom is -0.508 e. The van der Waals surface area contributed by atoms with E-state index in [-0.39, 0.29) is 5.75 Å². The van der Waals surface area contributed by atoms with Gasteiger partial charge in [-0.1, -0.05) is 0 Å². The summed E-state index contributed by atoms with van der Waals surface area (Å²) in [6.45, 7) is 0. The van der Waals surface area contributed by atoms with Crippen molar-refractivity contribution in [3.05, 3.63) is 42.4 Å². The lowest BCUT2D eigenvalue weighted by Gasteiger charge is -1.96. The van der Waals surface area contributed by atoms with Crippen LogP contribution >= 0.6 is 0 Å². The van der Waals surface area contributed by atoms with E-state index < -0.39 is 0 Å². The Morgan fingerprint density at radius 3 is 2.69 bits per heavy atom. The van der Waals surface area contributed by atoms with E-state index in [4.69, 9.17) is 10.5 Å². The van der Waals surface area contributed by atoms with Crippen molar-refractivity contribution in [1.29, 1.82) is 5.41 Å². The van der Waals surface area contributed by atoms with Crippen LogP contribution in [0.5, 0.6) is 5.75 Å². The van der Waals surface area contributed by atoms with Crippen molar-refractivity contribution in [3.63, 3.8) is 0 Å². The quantitative estimate of drug-likeness (QED) is 0.685. The molecule has 0 saturated heterocycles. The maximum atomic E-state index is 9.16. The number of phenolic OH excluding ortho intramolecular Hbond substituents is 1. The first-order chi connectivity index (χ1) is 7.79. The number of benzene rings is 1. The van der Waals surface area contributed by atoms with E-state index in [9.17, 15) is 0 Å². The van der Waals surface area contributed by atoms with Crippen LogP contribution < -0.4 is 0 Å². The van der Waals surface area contributed by atoms with Gasteiger partial charge in [0.15, 0.2) is 0 Å². The summed E-state index contributed by atoms with van der Waals surface area (Å²) in [7, 11) is 0. The summed E-state index contributed by atoms with van der Waals surface area (Å²) in [5.41, 5.74) is 1.84. The van der Waals surface area contributed by atoms with Gasteiger partial charge in [0.25, 0.3) is 0 Å². The number of aromatic hydroxyl groups is 1. The molecule has 0 spiro atoms. The second kappa shape index (κ2) is 4.44. The number of rotatable bonds is 3. The van der Waals surface area contributed by atoms with Crippen molar-refractivity contribution in [3.8, 4) is 17.0 Å². The molecule has 2 rings (SSSR count). The Hall–Kier alpha value is -2.36. The van der Waals surface area contributed by atoms with E-state index in [0.717, 1.165) is 11.3 Å². The fourth-order valence-corrected chi connectivity index (χ4v) is 1.35. The van der Waals surface area contributed by atoms with Gasteiger partial charge in [-0.15, -0.1) is 0 Å². The molecule has 0 radical (unpaired) electrons. The standard InChI is InChI=1S/C12H11N3O/c13-7-1-2-12-14-8-11(15-12)9-3-5-10(16)6-4-9/h1-8,13,16H,(H,14,15)/b2-1-,13-7?. The van der Waals surface area contributed by atoms with Crippen LogP contribution in [0.2, 0.25) is 0 Å². The normalized spacial score (nSPS) is 10.8. The summed E-state index contributed by atoms with van der Waals surface area (Å²) in [6.07, 6.45) is 6.23. The Bertz CT molecular complexity index is 511. The second-order valence-electron chi connectivity index (χ2n) is 3.25. The number of nitrogens with zero attached hydrogens (tertiary/aromatic N) is 1. The van der Waals surface area contributed by atoms with Gasteiger partial charge >= 0.3 is 0 Å². The van der Waals surface area contributed by atoms with Gasteiger partial charge in [-0.2, -0.15) is 0 Å². The molecule has 16 heavy (non-hydrogen) atoms. The fourth-order valence-electron chi connectivity index (χ4n) is 1.35. The molecule has 1 aromatic heterocycles. The molecular formula is C12H11N3O. The van der Waals surface area contributed by atoms with Crippen LogP contribution in [0.3, 0.4) is 0 Å². The third-order valence-corrected chi connectivity index (χ3v) is 2.12. The molecule has 1 aromatic carbocycles. The van der Waals surface area contributed by atoms with Crippen LogP contribution in [0.1, 0.15) is 5.82 Å². The number of aromatic amines is 1. The van der Waals surface area contributed by atoms with Crippen molar-refractivity contribution in [2.75, 3.05) is 0 Å². The Kier molecular flexibility index (Phi) is 2.82. The van der Waals surface area contributed by atoms with Gasteiger partial charge in [0.2, 0.25) is 0 Å². The maximum Gasteiger partial charge on any atom is 0.130 e. The number of hydrogen-bond donors (Lipinski definition) is 3. The summed E-state index contributed by atoms with van der Waals surface area (Å²) in [5.74, 6) is 0.943. The monoisotopic (exact) mass is 213 g/mol. The van der Waals surface area contributed by atoms with Crippen molar-refractivity contribution in [2.45, 2.75) is 0 Å². The van der Waals surface area contributed by atoms with Crippen molar-refractivity contribution in [2.24, 2.45) is 0 Å². The minimum absolute atomic E-state index is 0.243. The Balaban J connectivity index is 2.27. The lowest BCUT2D eigenvalue weighted by atomic mass is 10.2. The molecule has 0 aliphatic heterocycles. The largest absolute Gasteiger partial charge is 0.508 e. The van der Waals surface area contributed by atoms with E-state index in [1.165, 1.54) is 6.21 Å². The lowest BCUT2D eigenvalue weighted by molar-refractivity contribution is 0.475. The molecule has 0 atom stereocenters. The van der Waals surface area contributed by atoms with Crippen molar-refractivity contribution in [1.82, 2.24) is 9.97 Å². The van der Waals surface area contributed by atoms with Crippen LogP contribution in [0.15, 0.2) is 36.5 Å². The Morgan fingerprint density at radius 1 is 1.25 bits per heavy atom. The van der Waals surface area contributed by atoms with E-state index in [1.807, 2.05) is 12.1 Å². The molecule has 0 amide bonds. The molecule has 4 heteroatoms. The molecule has 0 aliphatic carbocycles. The van der Waals surface area contributed by atoms with Gasteiger partial charge in [-0.25, -0.2) is 4.98 Å². The third-order valence-electron chi connectivity index (χ3n) is 2.12. The van der Waals surface area contributed by atoms with Gasteiger partial charge in [-0.05, 0) is 42.0 Å². The van der Waals surface area contributed by atoms with Crippen LogP contribution in [0.4, 0.5) is 0 Å². The molecule has 80 valence electrons. The smallest absolute Gasteiger partial charge is 0.130 e. The number of H-pyrrole nitrogens is 1. The molecule has 0 unspecified atom stereocenters. The summed E-state index contributed by atoms with van der Waals surface area (Å²) >= 11 is 0. The number of nitrogens with one attached hydrogen (secondary N) is 2. The first-order valence-corrected chi connectivity index (χ1v) is 4.81. The molecule has 1 heterocycles. The van der Waals surface area contributed by atoms with Crippen LogP contribution in [-0.4, -0.2) is 21.3 Å². The summed E-state index contributed by atoms with van der Waals surface area (Å²) in [5, 5.41) is 16.0. The maximum absolute atomic E-state index is 9.16. The number of imidazole rings is 1.